The summed E-state index contributed by atoms with van der Waals surface area (Å²) in [5.41, 5.74) is 1.29. The number of carbonyl (C=O) groups excluding carboxylic acids is 2. The zero-order valence-corrected chi connectivity index (χ0v) is 15.1. The van der Waals surface area contributed by atoms with E-state index in [9.17, 15) is 18.4 Å². The van der Waals surface area contributed by atoms with Gasteiger partial charge in [-0.05, 0) is 43.7 Å². The van der Waals surface area contributed by atoms with Crippen LogP contribution in [-0.2, 0) is 4.79 Å². The van der Waals surface area contributed by atoms with E-state index in [0.29, 0.717) is 5.56 Å². The largest absolute Gasteiger partial charge is 0.435 e. The molecule has 2 N–H and O–H groups in total. The number of halogens is 2. The van der Waals surface area contributed by atoms with Gasteiger partial charge >= 0.3 is 6.61 Å². The summed E-state index contributed by atoms with van der Waals surface area (Å²) in [5, 5.41) is 5.60. The minimum absolute atomic E-state index is 0.0597. The highest BCUT2D eigenvalue weighted by atomic mass is 19.3. The summed E-state index contributed by atoms with van der Waals surface area (Å²) in [4.78, 5) is 24.3. The van der Waals surface area contributed by atoms with Gasteiger partial charge in [0.2, 0.25) is 5.91 Å². The molecule has 0 fully saturated rings. The van der Waals surface area contributed by atoms with E-state index < -0.39 is 6.61 Å². The van der Waals surface area contributed by atoms with Crippen LogP contribution in [0.25, 0.3) is 0 Å². The molecule has 144 valence electrons. The molecular weight excluding hydrogens is 354 g/mol. The summed E-state index contributed by atoms with van der Waals surface area (Å²) in [5.74, 6) is -0.403. The number of hydrogen-bond acceptors (Lipinski definition) is 3. The number of alkyl halides is 2. The van der Waals surface area contributed by atoms with Gasteiger partial charge in [0.25, 0.3) is 5.91 Å². The van der Waals surface area contributed by atoms with Crippen molar-refractivity contribution in [1.29, 1.82) is 0 Å². The molecule has 0 heterocycles. The standard InChI is InChI=1S/C20H22F2N2O3/c1-13(23-19(26)16-6-4-3-5-7-16)12-18(25)24-14(2)15-8-10-17(11-9-15)27-20(21)22/h3-11,13-14,20H,12H2,1-2H3,(H,23,26)(H,24,25). The fourth-order valence-corrected chi connectivity index (χ4v) is 2.55. The molecule has 2 aromatic rings. The SMILES string of the molecule is CC(CC(=O)NC(C)c1ccc(OC(F)F)cc1)NC(=O)c1ccccc1. The van der Waals surface area contributed by atoms with E-state index in [-0.39, 0.29) is 36.1 Å². The predicted molar refractivity (Wildman–Crippen MR) is 97.6 cm³/mol. The maximum absolute atomic E-state index is 12.2. The van der Waals surface area contributed by atoms with E-state index in [0.717, 1.165) is 5.56 Å². The topological polar surface area (TPSA) is 67.4 Å². The molecule has 2 atom stereocenters. The lowest BCUT2D eigenvalue weighted by atomic mass is 10.1. The second kappa shape index (κ2) is 9.66. The Morgan fingerprint density at radius 3 is 2.19 bits per heavy atom. The molecule has 0 aliphatic carbocycles. The van der Waals surface area contributed by atoms with Gasteiger partial charge in [0, 0.05) is 18.0 Å². The fourth-order valence-electron chi connectivity index (χ4n) is 2.55. The summed E-state index contributed by atoms with van der Waals surface area (Å²) in [6, 6.07) is 14.2. The van der Waals surface area contributed by atoms with Gasteiger partial charge in [0.05, 0.1) is 6.04 Å². The van der Waals surface area contributed by atoms with E-state index in [1.807, 2.05) is 6.07 Å². The van der Waals surface area contributed by atoms with Crippen LogP contribution in [0.1, 0.15) is 42.2 Å². The monoisotopic (exact) mass is 376 g/mol. The van der Waals surface area contributed by atoms with Crippen molar-refractivity contribution in [2.75, 3.05) is 0 Å². The van der Waals surface area contributed by atoms with Crippen molar-refractivity contribution in [2.24, 2.45) is 0 Å². The zero-order chi connectivity index (χ0) is 19.8. The van der Waals surface area contributed by atoms with Crippen LogP contribution in [0, 0.1) is 0 Å². The Balaban J connectivity index is 1.82. The molecular formula is C20H22F2N2O3. The molecule has 0 aromatic heterocycles. The van der Waals surface area contributed by atoms with Crippen molar-refractivity contribution >= 4 is 11.8 Å². The lowest BCUT2D eigenvalue weighted by molar-refractivity contribution is -0.122. The molecule has 0 bridgehead atoms. The molecule has 2 rings (SSSR count). The van der Waals surface area contributed by atoms with E-state index in [2.05, 4.69) is 15.4 Å². The fraction of sp³-hybridized carbons (Fsp3) is 0.300. The highest BCUT2D eigenvalue weighted by molar-refractivity contribution is 5.94. The Hall–Kier alpha value is -2.96. The molecule has 0 saturated heterocycles. The van der Waals surface area contributed by atoms with Gasteiger partial charge in [-0.1, -0.05) is 30.3 Å². The summed E-state index contributed by atoms with van der Waals surface area (Å²) in [6.07, 6.45) is 0.121. The zero-order valence-electron chi connectivity index (χ0n) is 15.1. The smallest absolute Gasteiger partial charge is 0.387 e. The van der Waals surface area contributed by atoms with Gasteiger partial charge in [-0.15, -0.1) is 0 Å². The van der Waals surface area contributed by atoms with Crippen molar-refractivity contribution in [3.05, 3.63) is 65.7 Å². The second-order valence-electron chi connectivity index (χ2n) is 6.18. The molecule has 0 spiro atoms. The normalized spacial score (nSPS) is 12.9. The Bertz CT molecular complexity index is 752. The van der Waals surface area contributed by atoms with Crippen LogP contribution in [0.5, 0.6) is 5.75 Å². The van der Waals surface area contributed by atoms with E-state index in [1.54, 1.807) is 50.2 Å². The molecule has 2 amide bonds. The number of nitrogens with one attached hydrogen (secondary N) is 2. The van der Waals surface area contributed by atoms with Crippen LogP contribution in [0.15, 0.2) is 54.6 Å². The van der Waals surface area contributed by atoms with Crippen LogP contribution in [0.2, 0.25) is 0 Å². The first-order valence-electron chi connectivity index (χ1n) is 8.55. The lowest BCUT2D eigenvalue weighted by Gasteiger charge is -2.18. The highest BCUT2D eigenvalue weighted by Crippen LogP contribution is 2.19. The average Bonchev–Trinajstić information content (AvgIpc) is 2.62. The van der Waals surface area contributed by atoms with Crippen LogP contribution >= 0.6 is 0 Å². The number of carbonyl (C=O) groups is 2. The van der Waals surface area contributed by atoms with Crippen LogP contribution < -0.4 is 15.4 Å². The molecule has 5 nitrogen and oxygen atoms in total. The third kappa shape index (κ3) is 6.69. The maximum atomic E-state index is 12.2. The minimum atomic E-state index is -2.87. The number of hydrogen-bond donors (Lipinski definition) is 2. The Labute approximate surface area is 156 Å². The molecule has 0 aliphatic heterocycles. The average molecular weight is 376 g/mol. The van der Waals surface area contributed by atoms with E-state index in [1.165, 1.54) is 12.1 Å². The Morgan fingerprint density at radius 2 is 1.59 bits per heavy atom. The van der Waals surface area contributed by atoms with E-state index in [4.69, 9.17) is 0 Å². The summed E-state index contributed by atoms with van der Waals surface area (Å²) in [6.45, 7) is 0.663. The molecule has 2 aromatic carbocycles. The van der Waals surface area contributed by atoms with Gasteiger partial charge in [0.1, 0.15) is 5.75 Å². The number of amides is 2. The summed E-state index contributed by atoms with van der Waals surface area (Å²) in [7, 11) is 0. The van der Waals surface area contributed by atoms with E-state index >= 15 is 0 Å². The third-order valence-electron chi connectivity index (χ3n) is 3.89. The number of rotatable bonds is 8. The first kappa shape index (κ1) is 20.4. The third-order valence-corrected chi connectivity index (χ3v) is 3.89. The molecule has 0 radical (unpaired) electrons. The molecule has 2 unspecified atom stereocenters. The summed E-state index contributed by atoms with van der Waals surface area (Å²) >= 11 is 0. The van der Waals surface area contributed by atoms with Gasteiger partial charge in [-0.25, -0.2) is 0 Å². The van der Waals surface area contributed by atoms with Crippen LogP contribution in [-0.4, -0.2) is 24.5 Å². The summed E-state index contributed by atoms with van der Waals surface area (Å²) < 4.78 is 28.6. The van der Waals surface area contributed by atoms with Crippen molar-refractivity contribution in [3.8, 4) is 5.75 Å². The molecule has 7 heteroatoms. The van der Waals surface area contributed by atoms with Crippen molar-refractivity contribution in [2.45, 2.75) is 39.0 Å². The highest BCUT2D eigenvalue weighted by Gasteiger charge is 2.15. The Kier molecular flexibility index (Phi) is 7.28. The molecule has 0 saturated carbocycles. The van der Waals surface area contributed by atoms with Crippen molar-refractivity contribution in [1.82, 2.24) is 10.6 Å². The minimum Gasteiger partial charge on any atom is -0.435 e. The van der Waals surface area contributed by atoms with Gasteiger partial charge in [0.15, 0.2) is 0 Å². The van der Waals surface area contributed by atoms with Crippen LogP contribution in [0.3, 0.4) is 0 Å². The second-order valence-corrected chi connectivity index (χ2v) is 6.18. The number of benzene rings is 2. The molecule has 0 aliphatic rings. The van der Waals surface area contributed by atoms with Crippen molar-refractivity contribution < 1.29 is 23.1 Å². The Morgan fingerprint density at radius 1 is 0.963 bits per heavy atom. The molecule has 27 heavy (non-hydrogen) atoms. The first-order valence-corrected chi connectivity index (χ1v) is 8.55. The van der Waals surface area contributed by atoms with Crippen molar-refractivity contribution in [3.63, 3.8) is 0 Å². The predicted octanol–water partition coefficient (Wildman–Crippen LogP) is 3.67. The lowest BCUT2D eigenvalue weighted by Crippen LogP contribution is -2.37. The number of ether oxygens (including phenoxy) is 1. The van der Waals surface area contributed by atoms with Gasteiger partial charge < -0.3 is 15.4 Å². The van der Waals surface area contributed by atoms with Gasteiger partial charge in [-0.3, -0.25) is 9.59 Å². The first-order chi connectivity index (χ1) is 12.8. The van der Waals surface area contributed by atoms with Crippen LogP contribution in [0.4, 0.5) is 8.78 Å². The maximum Gasteiger partial charge on any atom is 0.387 e. The van der Waals surface area contributed by atoms with Gasteiger partial charge in [-0.2, -0.15) is 8.78 Å². The quantitative estimate of drug-likeness (QED) is 0.739.